The Balaban J connectivity index is 1.45. The summed E-state index contributed by atoms with van der Waals surface area (Å²) >= 11 is 0. The van der Waals surface area contributed by atoms with Crippen molar-refractivity contribution >= 4 is 8.32 Å². The number of aliphatic hydroxyl groups is 1. The van der Waals surface area contributed by atoms with E-state index in [-0.39, 0.29) is 11.9 Å². The lowest BCUT2D eigenvalue weighted by atomic mass is 9.94. The Labute approximate surface area is 174 Å². The minimum atomic E-state index is -1.56. The van der Waals surface area contributed by atoms with Gasteiger partial charge in [0, 0.05) is 12.8 Å². The summed E-state index contributed by atoms with van der Waals surface area (Å²) in [5.74, 6) is -0.213. The molecule has 1 N–H and O–H groups in total. The molecular weight excluding hydrogens is 368 g/mol. The predicted molar refractivity (Wildman–Crippen MR) is 118 cm³/mol. The molecule has 1 saturated carbocycles. The van der Waals surface area contributed by atoms with Crippen molar-refractivity contribution in [3.05, 3.63) is 0 Å². The van der Waals surface area contributed by atoms with Crippen molar-refractivity contribution in [2.24, 2.45) is 0 Å². The third kappa shape index (κ3) is 7.71. The first-order valence-corrected chi connectivity index (χ1v) is 14.7. The predicted octanol–water partition coefficient (Wildman–Crippen LogP) is 6.18. The highest BCUT2D eigenvalue weighted by Gasteiger charge is 2.41. The molecule has 4 nitrogen and oxygen atoms in total. The van der Waals surface area contributed by atoms with Gasteiger partial charge >= 0.3 is 0 Å². The number of hydrogen-bond donors (Lipinski definition) is 1. The lowest BCUT2D eigenvalue weighted by Crippen LogP contribution is -2.38. The van der Waals surface area contributed by atoms with Gasteiger partial charge in [0.15, 0.2) is 14.1 Å². The van der Waals surface area contributed by atoms with E-state index in [1.807, 2.05) is 0 Å². The second-order valence-electron chi connectivity index (χ2n) is 9.08. The Morgan fingerprint density at radius 3 is 2.29 bits per heavy atom. The Bertz CT molecular complexity index is 399. The Kier molecular flexibility index (Phi) is 11.0. The van der Waals surface area contributed by atoms with Crippen LogP contribution in [0.4, 0.5) is 0 Å². The van der Waals surface area contributed by atoms with Crippen LogP contribution in [0.5, 0.6) is 0 Å². The second kappa shape index (κ2) is 12.7. The van der Waals surface area contributed by atoms with Gasteiger partial charge in [-0.25, -0.2) is 0 Å². The van der Waals surface area contributed by atoms with E-state index in [9.17, 15) is 5.11 Å². The molecule has 0 aromatic carbocycles. The molecule has 28 heavy (non-hydrogen) atoms. The lowest BCUT2D eigenvalue weighted by Gasteiger charge is -2.31. The molecule has 0 amide bonds. The van der Waals surface area contributed by atoms with E-state index in [2.05, 4.69) is 20.8 Å². The molecule has 0 bridgehead atoms. The van der Waals surface area contributed by atoms with Gasteiger partial charge in [-0.1, -0.05) is 59.3 Å². The Hall–Kier alpha value is 0.0569. The van der Waals surface area contributed by atoms with E-state index in [1.54, 1.807) is 0 Å². The van der Waals surface area contributed by atoms with Gasteiger partial charge in [0.25, 0.3) is 0 Å². The van der Waals surface area contributed by atoms with Crippen LogP contribution in [0.3, 0.4) is 0 Å². The maximum absolute atomic E-state index is 10.2. The van der Waals surface area contributed by atoms with Crippen molar-refractivity contribution in [3.63, 3.8) is 0 Å². The average Bonchev–Trinajstić information content (AvgIpc) is 3.11. The van der Waals surface area contributed by atoms with Crippen molar-refractivity contribution in [1.29, 1.82) is 0 Å². The van der Waals surface area contributed by atoms with E-state index >= 15 is 0 Å². The monoisotopic (exact) mass is 414 g/mol. The van der Waals surface area contributed by atoms with Crippen LogP contribution in [0, 0.1) is 0 Å². The van der Waals surface area contributed by atoms with E-state index in [1.165, 1.54) is 44.9 Å². The molecule has 1 aliphatic carbocycles. The standard InChI is InChI=1S/C23H46O4Si/c1-4-28(5-2,6-3)26-19-21(24)15-11-8-7-9-12-16-22-20-25-23(27-22)17-13-10-14-18-23/h21-22,24H,4-20H2,1-3H3. The minimum Gasteiger partial charge on any atom is -0.414 e. The summed E-state index contributed by atoms with van der Waals surface area (Å²) in [4.78, 5) is 0. The zero-order valence-corrected chi connectivity index (χ0v) is 19.8. The molecular formula is C23H46O4Si. The molecule has 1 heterocycles. The summed E-state index contributed by atoms with van der Waals surface area (Å²) in [6, 6.07) is 3.47. The highest BCUT2D eigenvalue weighted by Crippen LogP contribution is 2.38. The maximum Gasteiger partial charge on any atom is 0.192 e. The van der Waals surface area contributed by atoms with Crippen LogP contribution in [0.2, 0.25) is 18.1 Å². The molecule has 2 rings (SSSR count). The molecule has 2 unspecified atom stereocenters. The van der Waals surface area contributed by atoms with Crippen LogP contribution in [0.15, 0.2) is 0 Å². The Morgan fingerprint density at radius 2 is 1.61 bits per heavy atom. The molecule has 1 saturated heterocycles. The zero-order valence-electron chi connectivity index (χ0n) is 18.8. The first-order valence-electron chi connectivity index (χ1n) is 12.2. The molecule has 0 aromatic heterocycles. The van der Waals surface area contributed by atoms with Gasteiger partial charge in [-0.2, -0.15) is 0 Å². The smallest absolute Gasteiger partial charge is 0.192 e. The van der Waals surface area contributed by atoms with E-state index < -0.39 is 8.32 Å². The number of hydrogen-bond acceptors (Lipinski definition) is 4. The van der Waals surface area contributed by atoms with Crippen LogP contribution in [0.1, 0.15) is 97.8 Å². The van der Waals surface area contributed by atoms with Crippen molar-refractivity contribution < 1.29 is 19.0 Å². The van der Waals surface area contributed by atoms with Gasteiger partial charge in [0.2, 0.25) is 0 Å². The van der Waals surface area contributed by atoms with Crippen molar-refractivity contribution in [1.82, 2.24) is 0 Å². The van der Waals surface area contributed by atoms with Gasteiger partial charge in [-0.3, -0.25) is 0 Å². The fraction of sp³-hybridized carbons (Fsp3) is 1.00. The number of ether oxygens (including phenoxy) is 2. The van der Waals surface area contributed by atoms with Crippen molar-refractivity contribution in [2.75, 3.05) is 13.2 Å². The van der Waals surface area contributed by atoms with E-state index in [0.717, 1.165) is 56.8 Å². The van der Waals surface area contributed by atoms with Gasteiger partial charge < -0.3 is 19.0 Å². The summed E-state index contributed by atoms with van der Waals surface area (Å²) in [6.07, 6.45) is 14.1. The molecule has 1 spiro atoms. The summed E-state index contributed by atoms with van der Waals surface area (Å²) in [6.45, 7) is 8.06. The number of unbranched alkanes of at least 4 members (excludes halogenated alkanes) is 4. The first-order chi connectivity index (χ1) is 13.6. The first kappa shape index (κ1) is 24.3. The maximum atomic E-state index is 10.2. The highest BCUT2D eigenvalue weighted by molar-refractivity contribution is 6.73. The summed E-state index contributed by atoms with van der Waals surface area (Å²) in [5.41, 5.74) is 0. The van der Waals surface area contributed by atoms with Crippen LogP contribution >= 0.6 is 0 Å². The third-order valence-corrected chi connectivity index (χ3v) is 11.8. The van der Waals surface area contributed by atoms with Crippen LogP contribution in [0.25, 0.3) is 0 Å². The fourth-order valence-electron chi connectivity index (χ4n) is 4.81. The number of rotatable bonds is 14. The third-order valence-electron chi connectivity index (χ3n) is 7.11. The minimum absolute atomic E-state index is 0.213. The van der Waals surface area contributed by atoms with Crippen molar-refractivity contribution in [2.45, 2.75) is 134 Å². The fourth-order valence-corrected chi connectivity index (χ4v) is 7.46. The molecule has 2 aliphatic rings. The van der Waals surface area contributed by atoms with Crippen LogP contribution in [-0.4, -0.2) is 44.6 Å². The summed E-state index contributed by atoms with van der Waals surface area (Å²) in [7, 11) is -1.56. The molecule has 2 atom stereocenters. The van der Waals surface area contributed by atoms with Crippen LogP contribution < -0.4 is 0 Å². The van der Waals surface area contributed by atoms with Crippen molar-refractivity contribution in [3.8, 4) is 0 Å². The van der Waals surface area contributed by atoms with E-state index in [0.29, 0.717) is 12.7 Å². The lowest BCUT2D eigenvalue weighted by molar-refractivity contribution is -0.187. The second-order valence-corrected chi connectivity index (χ2v) is 13.9. The highest BCUT2D eigenvalue weighted by atomic mass is 28.4. The van der Waals surface area contributed by atoms with Gasteiger partial charge in [0.1, 0.15) is 0 Å². The largest absolute Gasteiger partial charge is 0.414 e. The Morgan fingerprint density at radius 1 is 0.964 bits per heavy atom. The molecule has 0 aromatic rings. The van der Waals surface area contributed by atoms with Gasteiger partial charge in [-0.05, 0) is 43.8 Å². The molecule has 2 fully saturated rings. The SMILES string of the molecule is CC[Si](CC)(CC)OCC(O)CCCCCCCC1COC2(CCCCC2)O1. The van der Waals surface area contributed by atoms with Gasteiger partial charge in [-0.15, -0.1) is 0 Å². The normalized spacial score (nSPS) is 23.4. The zero-order chi connectivity index (χ0) is 20.3. The number of aliphatic hydroxyl groups excluding tert-OH is 1. The average molecular weight is 415 g/mol. The quantitative estimate of drug-likeness (QED) is 0.272. The topological polar surface area (TPSA) is 47.9 Å². The molecule has 166 valence electrons. The molecule has 0 radical (unpaired) electrons. The summed E-state index contributed by atoms with van der Waals surface area (Å²) in [5, 5.41) is 10.2. The van der Waals surface area contributed by atoms with Crippen LogP contribution in [-0.2, 0) is 13.9 Å². The molecule has 1 aliphatic heterocycles. The van der Waals surface area contributed by atoms with Gasteiger partial charge in [0.05, 0.1) is 25.4 Å². The summed E-state index contributed by atoms with van der Waals surface area (Å²) < 4.78 is 18.5. The molecule has 5 heteroatoms. The van der Waals surface area contributed by atoms with E-state index in [4.69, 9.17) is 13.9 Å².